The van der Waals surface area contributed by atoms with E-state index in [9.17, 15) is 4.39 Å². The number of likely N-dealkylation sites (N-methyl/N-ethyl adjacent to an activating group) is 1. The zero-order valence-corrected chi connectivity index (χ0v) is 8.52. The van der Waals surface area contributed by atoms with Crippen LogP contribution >= 0.6 is 0 Å². The fourth-order valence-corrected chi connectivity index (χ4v) is 2.33. The van der Waals surface area contributed by atoms with Crippen LogP contribution in [0.1, 0.15) is 29.9 Å². The average molecular weight is 193 g/mol. The Balaban J connectivity index is 2.32. The Hall–Kier alpha value is -0.890. The molecule has 1 aliphatic rings. The van der Waals surface area contributed by atoms with Crippen molar-refractivity contribution in [3.63, 3.8) is 0 Å². The molecule has 14 heavy (non-hydrogen) atoms. The quantitative estimate of drug-likeness (QED) is 0.760. The summed E-state index contributed by atoms with van der Waals surface area (Å²) in [5, 5.41) is 3.18. The Morgan fingerprint density at radius 3 is 3.14 bits per heavy atom. The molecular formula is C12H16FN. The van der Waals surface area contributed by atoms with Crippen LogP contribution in [0.3, 0.4) is 0 Å². The summed E-state index contributed by atoms with van der Waals surface area (Å²) < 4.78 is 13.1. The molecule has 1 aliphatic carbocycles. The fraction of sp³-hybridized carbons (Fsp3) is 0.500. The smallest absolute Gasteiger partial charge is 0.123 e. The first-order valence-corrected chi connectivity index (χ1v) is 5.24. The van der Waals surface area contributed by atoms with Crippen molar-refractivity contribution in [1.29, 1.82) is 0 Å². The summed E-state index contributed by atoms with van der Waals surface area (Å²) in [5.74, 6) is 0.395. The third-order valence-corrected chi connectivity index (χ3v) is 3.00. The molecule has 0 aromatic heterocycles. The fourth-order valence-electron chi connectivity index (χ4n) is 2.33. The highest BCUT2D eigenvalue weighted by molar-refractivity contribution is 5.33. The molecule has 0 aliphatic heterocycles. The van der Waals surface area contributed by atoms with Gasteiger partial charge in [0.25, 0.3) is 0 Å². The first-order valence-electron chi connectivity index (χ1n) is 5.24. The molecule has 0 fully saturated rings. The minimum Gasteiger partial charge on any atom is -0.319 e. The molecule has 2 rings (SSSR count). The molecule has 1 aromatic rings. The summed E-state index contributed by atoms with van der Waals surface area (Å²) >= 11 is 0. The SMILES string of the molecule is CNCC1CCCc2ccc(F)cc21. The molecule has 0 amide bonds. The molecule has 2 heteroatoms. The Morgan fingerprint density at radius 1 is 1.50 bits per heavy atom. The second kappa shape index (κ2) is 4.09. The number of nitrogens with one attached hydrogen (secondary N) is 1. The molecular weight excluding hydrogens is 177 g/mol. The molecule has 0 saturated heterocycles. The van der Waals surface area contributed by atoms with Crippen LogP contribution in [0.25, 0.3) is 0 Å². The van der Waals surface area contributed by atoms with Crippen LogP contribution in [-0.2, 0) is 6.42 Å². The van der Waals surface area contributed by atoms with Gasteiger partial charge in [-0.25, -0.2) is 4.39 Å². The van der Waals surface area contributed by atoms with Crippen LogP contribution in [0, 0.1) is 5.82 Å². The Labute approximate surface area is 84.3 Å². The van der Waals surface area contributed by atoms with Gasteiger partial charge in [0, 0.05) is 6.54 Å². The topological polar surface area (TPSA) is 12.0 Å². The van der Waals surface area contributed by atoms with Crippen molar-refractivity contribution in [1.82, 2.24) is 5.32 Å². The highest BCUT2D eigenvalue weighted by atomic mass is 19.1. The Bertz CT molecular complexity index is 322. The maximum absolute atomic E-state index is 13.1. The van der Waals surface area contributed by atoms with Gasteiger partial charge in [-0.2, -0.15) is 0 Å². The van der Waals surface area contributed by atoms with Crippen LogP contribution in [0.15, 0.2) is 18.2 Å². The summed E-state index contributed by atoms with van der Waals surface area (Å²) in [6.07, 6.45) is 3.51. The van der Waals surface area contributed by atoms with Gasteiger partial charge in [-0.05, 0) is 55.5 Å². The summed E-state index contributed by atoms with van der Waals surface area (Å²) in [4.78, 5) is 0. The van der Waals surface area contributed by atoms with Gasteiger partial charge in [0.2, 0.25) is 0 Å². The zero-order valence-electron chi connectivity index (χ0n) is 8.52. The van der Waals surface area contributed by atoms with Gasteiger partial charge in [-0.3, -0.25) is 0 Å². The van der Waals surface area contributed by atoms with Crippen molar-refractivity contribution >= 4 is 0 Å². The molecule has 76 valence electrons. The molecule has 0 saturated carbocycles. The first-order chi connectivity index (χ1) is 6.81. The van der Waals surface area contributed by atoms with Crippen molar-refractivity contribution in [3.8, 4) is 0 Å². The van der Waals surface area contributed by atoms with E-state index in [0.29, 0.717) is 5.92 Å². The molecule has 1 nitrogen and oxygen atoms in total. The molecule has 1 atom stereocenters. The lowest BCUT2D eigenvalue weighted by molar-refractivity contribution is 0.522. The Kier molecular flexibility index (Phi) is 2.82. The van der Waals surface area contributed by atoms with E-state index in [4.69, 9.17) is 0 Å². The maximum Gasteiger partial charge on any atom is 0.123 e. The van der Waals surface area contributed by atoms with Gasteiger partial charge >= 0.3 is 0 Å². The van der Waals surface area contributed by atoms with E-state index in [1.54, 1.807) is 12.1 Å². The van der Waals surface area contributed by atoms with Gasteiger partial charge in [0.05, 0.1) is 0 Å². The average Bonchev–Trinajstić information content (AvgIpc) is 2.19. The third-order valence-electron chi connectivity index (χ3n) is 3.00. The lowest BCUT2D eigenvalue weighted by Crippen LogP contribution is -2.21. The number of aryl methyl sites for hydroxylation is 1. The van der Waals surface area contributed by atoms with Crippen molar-refractivity contribution in [2.75, 3.05) is 13.6 Å². The number of halogens is 1. The van der Waals surface area contributed by atoms with Gasteiger partial charge in [0.15, 0.2) is 0 Å². The molecule has 1 unspecified atom stereocenters. The number of hydrogen-bond donors (Lipinski definition) is 1. The van der Waals surface area contributed by atoms with Gasteiger partial charge < -0.3 is 5.32 Å². The van der Waals surface area contributed by atoms with E-state index in [2.05, 4.69) is 5.32 Å². The largest absolute Gasteiger partial charge is 0.319 e. The lowest BCUT2D eigenvalue weighted by Gasteiger charge is -2.25. The summed E-state index contributed by atoms with van der Waals surface area (Å²) in [7, 11) is 1.95. The number of benzene rings is 1. The van der Waals surface area contributed by atoms with Crippen LogP contribution in [-0.4, -0.2) is 13.6 Å². The van der Waals surface area contributed by atoms with E-state index in [1.165, 1.54) is 24.0 Å². The molecule has 0 spiro atoms. The zero-order chi connectivity index (χ0) is 9.97. The molecule has 0 heterocycles. The van der Waals surface area contributed by atoms with Crippen molar-refractivity contribution in [2.45, 2.75) is 25.2 Å². The van der Waals surface area contributed by atoms with E-state index in [0.717, 1.165) is 13.0 Å². The monoisotopic (exact) mass is 193 g/mol. The standard InChI is InChI=1S/C12H16FN/c1-14-8-10-4-2-3-9-5-6-11(13)7-12(9)10/h5-7,10,14H,2-4,8H2,1H3. The molecule has 1 N–H and O–H groups in total. The number of hydrogen-bond acceptors (Lipinski definition) is 1. The molecule has 0 radical (unpaired) electrons. The van der Waals surface area contributed by atoms with Gasteiger partial charge in [0.1, 0.15) is 5.82 Å². The molecule has 1 aromatic carbocycles. The summed E-state index contributed by atoms with van der Waals surface area (Å²) in [6.45, 7) is 0.955. The lowest BCUT2D eigenvalue weighted by atomic mass is 9.83. The van der Waals surface area contributed by atoms with Crippen LogP contribution in [0.2, 0.25) is 0 Å². The van der Waals surface area contributed by atoms with Crippen molar-refractivity contribution in [2.24, 2.45) is 0 Å². The van der Waals surface area contributed by atoms with Crippen LogP contribution in [0.4, 0.5) is 4.39 Å². The Morgan fingerprint density at radius 2 is 2.36 bits per heavy atom. The second-order valence-electron chi connectivity index (χ2n) is 3.99. The minimum atomic E-state index is -0.105. The highest BCUT2D eigenvalue weighted by Gasteiger charge is 2.19. The van der Waals surface area contributed by atoms with E-state index < -0.39 is 0 Å². The van der Waals surface area contributed by atoms with Crippen molar-refractivity contribution in [3.05, 3.63) is 35.1 Å². The van der Waals surface area contributed by atoms with Gasteiger partial charge in [-0.15, -0.1) is 0 Å². The second-order valence-corrected chi connectivity index (χ2v) is 3.99. The molecule has 0 bridgehead atoms. The number of fused-ring (bicyclic) bond motifs is 1. The van der Waals surface area contributed by atoms with Crippen LogP contribution < -0.4 is 5.32 Å². The van der Waals surface area contributed by atoms with E-state index in [1.807, 2.05) is 13.1 Å². The number of rotatable bonds is 2. The van der Waals surface area contributed by atoms with Crippen molar-refractivity contribution < 1.29 is 4.39 Å². The maximum atomic E-state index is 13.1. The van der Waals surface area contributed by atoms with E-state index >= 15 is 0 Å². The summed E-state index contributed by atoms with van der Waals surface area (Å²) in [6, 6.07) is 5.21. The predicted molar refractivity (Wildman–Crippen MR) is 56.0 cm³/mol. The minimum absolute atomic E-state index is 0.105. The first kappa shape index (κ1) is 9.66. The predicted octanol–water partition coefficient (Wildman–Crippen LogP) is 2.47. The normalized spacial score (nSPS) is 20.6. The third kappa shape index (κ3) is 1.80. The van der Waals surface area contributed by atoms with Gasteiger partial charge in [-0.1, -0.05) is 6.07 Å². The highest BCUT2D eigenvalue weighted by Crippen LogP contribution is 2.31. The summed E-state index contributed by atoms with van der Waals surface area (Å²) in [5.41, 5.74) is 2.54. The van der Waals surface area contributed by atoms with Crippen LogP contribution in [0.5, 0.6) is 0 Å². The van der Waals surface area contributed by atoms with E-state index in [-0.39, 0.29) is 5.82 Å².